The lowest BCUT2D eigenvalue weighted by atomic mass is 10.2. The maximum absolute atomic E-state index is 11.1. The summed E-state index contributed by atoms with van der Waals surface area (Å²) in [5.41, 5.74) is 0. The van der Waals surface area contributed by atoms with E-state index in [9.17, 15) is 4.79 Å². The number of allylic oxidation sites excluding steroid dienone is 2. The van der Waals surface area contributed by atoms with E-state index in [2.05, 4.69) is 20.9 Å². The predicted octanol–water partition coefficient (Wildman–Crippen LogP) is 1.79. The van der Waals surface area contributed by atoms with E-state index in [1.165, 1.54) is 11.0 Å². The second-order valence-corrected chi connectivity index (χ2v) is 3.30. The SMILES string of the molecule is COC(=O)C1C=CC=C(Cl)N1Br. The third-order valence-electron chi connectivity index (χ3n) is 1.42. The van der Waals surface area contributed by atoms with Gasteiger partial charge in [0.1, 0.15) is 5.16 Å². The predicted molar refractivity (Wildman–Crippen MR) is 49.6 cm³/mol. The highest BCUT2D eigenvalue weighted by Crippen LogP contribution is 2.23. The van der Waals surface area contributed by atoms with E-state index in [1.807, 2.05) is 0 Å². The smallest absolute Gasteiger partial charge is 0.333 e. The standard InChI is InChI=1S/C7H7BrClNO2/c1-12-7(11)5-3-2-4-6(9)10(5)8/h2-5H,1H3. The summed E-state index contributed by atoms with van der Waals surface area (Å²) in [6.45, 7) is 0. The highest BCUT2D eigenvalue weighted by Gasteiger charge is 2.25. The van der Waals surface area contributed by atoms with Crippen molar-refractivity contribution in [3.05, 3.63) is 23.4 Å². The Balaban J connectivity index is 2.76. The fraction of sp³-hybridized carbons (Fsp3) is 0.286. The Hall–Kier alpha value is -0.480. The summed E-state index contributed by atoms with van der Waals surface area (Å²) >= 11 is 8.89. The minimum atomic E-state index is -0.479. The number of hydrogen-bond acceptors (Lipinski definition) is 3. The first kappa shape index (κ1) is 9.61. The summed E-state index contributed by atoms with van der Waals surface area (Å²) < 4.78 is 6.02. The van der Waals surface area contributed by atoms with E-state index < -0.39 is 6.04 Å². The van der Waals surface area contributed by atoms with Gasteiger partial charge in [0, 0.05) is 0 Å². The fourth-order valence-electron chi connectivity index (χ4n) is 0.812. The molecule has 12 heavy (non-hydrogen) atoms. The maximum Gasteiger partial charge on any atom is 0.333 e. The summed E-state index contributed by atoms with van der Waals surface area (Å²) in [6.07, 6.45) is 5.07. The molecule has 1 aliphatic heterocycles. The van der Waals surface area contributed by atoms with E-state index in [-0.39, 0.29) is 5.97 Å². The maximum atomic E-state index is 11.1. The highest BCUT2D eigenvalue weighted by molar-refractivity contribution is 9.07. The first-order chi connectivity index (χ1) is 5.66. The van der Waals surface area contributed by atoms with Crippen molar-refractivity contribution in [1.29, 1.82) is 0 Å². The number of ether oxygens (including phenoxy) is 1. The van der Waals surface area contributed by atoms with Crippen LogP contribution in [0.15, 0.2) is 23.4 Å². The molecule has 0 N–H and O–H groups in total. The van der Waals surface area contributed by atoms with Crippen molar-refractivity contribution in [3.8, 4) is 0 Å². The molecule has 5 heteroatoms. The van der Waals surface area contributed by atoms with E-state index in [0.717, 1.165) is 0 Å². The molecule has 0 aromatic heterocycles. The normalized spacial score (nSPS) is 22.1. The van der Waals surface area contributed by atoms with Crippen molar-refractivity contribution in [2.45, 2.75) is 6.04 Å². The Morgan fingerprint density at radius 3 is 3.08 bits per heavy atom. The van der Waals surface area contributed by atoms with E-state index in [4.69, 9.17) is 11.6 Å². The van der Waals surface area contributed by atoms with Gasteiger partial charge in [0.15, 0.2) is 6.04 Å². The molecular weight excluding hydrogens is 245 g/mol. The van der Waals surface area contributed by atoms with Gasteiger partial charge in [0.2, 0.25) is 0 Å². The summed E-state index contributed by atoms with van der Waals surface area (Å²) in [5, 5.41) is 0.452. The van der Waals surface area contributed by atoms with Gasteiger partial charge in [-0.1, -0.05) is 17.7 Å². The third kappa shape index (κ3) is 1.81. The lowest BCUT2D eigenvalue weighted by Crippen LogP contribution is -2.33. The zero-order valence-corrected chi connectivity index (χ0v) is 8.67. The molecule has 3 nitrogen and oxygen atoms in total. The first-order valence-corrected chi connectivity index (χ1v) is 4.32. The number of carbonyl (C=O) groups is 1. The van der Waals surface area contributed by atoms with Crippen molar-refractivity contribution in [2.75, 3.05) is 7.11 Å². The van der Waals surface area contributed by atoms with E-state index >= 15 is 0 Å². The van der Waals surface area contributed by atoms with Gasteiger partial charge < -0.3 is 4.74 Å². The van der Waals surface area contributed by atoms with Crippen LogP contribution in [0.5, 0.6) is 0 Å². The van der Waals surface area contributed by atoms with Gasteiger partial charge in [0.25, 0.3) is 0 Å². The van der Waals surface area contributed by atoms with Crippen LogP contribution in [0.25, 0.3) is 0 Å². The van der Waals surface area contributed by atoms with Crippen LogP contribution in [0.3, 0.4) is 0 Å². The molecule has 0 aliphatic carbocycles. The average molecular weight is 252 g/mol. The molecule has 66 valence electrons. The van der Waals surface area contributed by atoms with Crippen molar-refractivity contribution >= 4 is 33.7 Å². The molecule has 0 aromatic carbocycles. The number of rotatable bonds is 1. The van der Waals surface area contributed by atoms with Crippen LogP contribution in [0.2, 0.25) is 0 Å². The molecule has 0 radical (unpaired) electrons. The minimum absolute atomic E-state index is 0.352. The topological polar surface area (TPSA) is 29.5 Å². The Kier molecular flexibility index (Phi) is 3.17. The Labute approximate surface area is 84.0 Å². The van der Waals surface area contributed by atoms with Crippen LogP contribution >= 0.6 is 27.7 Å². The zero-order chi connectivity index (χ0) is 9.14. The van der Waals surface area contributed by atoms with Crippen LogP contribution in [0, 0.1) is 0 Å². The van der Waals surface area contributed by atoms with Gasteiger partial charge in [-0.2, -0.15) is 0 Å². The second kappa shape index (κ2) is 3.96. The van der Waals surface area contributed by atoms with Crippen LogP contribution in [-0.2, 0) is 9.53 Å². The van der Waals surface area contributed by atoms with Gasteiger partial charge >= 0.3 is 5.97 Å². The number of methoxy groups -OCH3 is 1. The number of halogens is 2. The molecule has 0 saturated carbocycles. The largest absolute Gasteiger partial charge is 0.467 e. The molecule has 0 fully saturated rings. The van der Waals surface area contributed by atoms with Crippen LogP contribution < -0.4 is 0 Å². The Morgan fingerprint density at radius 2 is 2.50 bits per heavy atom. The molecule has 1 rings (SSSR count). The summed E-state index contributed by atoms with van der Waals surface area (Å²) in [4.78, 5) is 11.1. The van der Waals surface area contributed by atoms with Crippen molar-refractivity contribution in [1.82, 2.24) is 3.93 Å². The average Bonchev–Trinajstić information content (AvgIpc) is 2.08. The number of esters is 1. The summed E-state index contributed by atoms with van der Waals surface area (Å²) in [6, 6.07) is -0.479. The molecule has 0 bridgehead atoms. The van der Waals surface area contributed by atoms with Crippen LogP contribution in [0.1, 0.15) is 0 Å². The van der Waals surface area contributed by atoms with E-state index in [0.29, 0.717) is 5.16 Å². The van der Waals surface area contributed by atoms with Crippen LogP contribution in [-0.4, -0.2) is 23.0 Å². The molecule has 0 saturated heterocycles. The first-order valence-electron chi connectivity index (χ1n) is 3.23. The second-order valence-electron chi connectivity index (χ2n) is 2.15. The molecule has 0 aromatic rings. The van der Waals surface area contributed by atoms with Gasteiger partial charge in [-0.15, -0.1) is 0 Å². The molecule has 0 spiro atoms. The van der Waals surface area contributed by atoms with Crippen LogP contribution in [0.4, 0.5) is 0 Å². The van der Waals surface area contributed by atoms with Crippen molar-refractivity contribution in [2.24, 2.45) is 0 Å². The molecule has 0 amide bonds. The number of carbonyl (C=O) groups excluding carboxylic acids is 1. The van der Waals surface area contributed by atoms with Gasteiger partial charge in [-0.3, -0.25) is 3.93 Å². The summed E-state index contributed by atoms with van der Waals surface area (Å²) in [7, 11) is 1.34. The fourth-order valence-corrected chi connectivity index (χ4v) is 1.41. The van der Waals surface area contributed by atoms with E-state index in [1.54, 1.807) is 18.2 Å². The van der Waals surface area contributed by atoms with Crippen molar-refractivity contribution in [3.63, 3.8) is 0 Å². The minimum Gasteiger partial charge on any atom is -0.467 e. The van der Waals surface area contributed by atoms with Crippen molar-refractivity contribution < 1.29 is 9.53 Å². The molecule has 1 heterocycles. The molecular formula is C7H7BrClNO2. The number of nitrogens with zero attached hydrogens (tertiary/aromatic N) is 1. The highest BCUT2D eigenvalue weighted by atomic mass is 79.9. The van der Waals surface area contributed by atoms with Gasteiger partial charge in [-0.05, 0) is 12.2 Å². The monoisotopic (exact) mass is 251 g/mol. The molecule has 1 unspecified atom stereocenters. The quantitative estimate of drug-likeness (QED) is 0.405. The molecule has 1 atom stereocenters. The summed E-state index contributed by atoms with van der Waals surface area (Å²) in [5.74, 6) is -0.352. The third-order valence-corrected chi connectivity index (χ3v) is 2.75. The lowest BCUT2D eigenvalue weighted by molar-refractivity contribution is -0.142. The van der Waals surface area contributed by atoms with Gasteiger partial charge in [0.05, 0.1) is 23.3 Å². The number of hydrogen-bond donors (Lipinski definition) is 0. The van der Waals surface area contributed by atoms with Gasteiger partial charge in [-0.25, -0.2) is 4.79 Å². The molecule has 1 aliphatic rings. The Bertz CT molecular complexity index is 252. The zero-order valence-electron chi connectivity index (χ0n) is 6.33. The lowest BCUT2D eigenvalue weighted by Gasteiger charge is -2.23. The Morgan fingerprint density at radius 1 is 1.83 bits per heavy atom.